The number of carbonyl (C=O) groups excluding carboxylic acids is 3. The summed E-state index contributed by atoms with van der Waals surface area (Å²) in [5, 5.41) is 0. The molecule has 0 heterocycles. The minimum Gasteiger partial charge on any atom is -0.462 e. The summed E-state index contributed by atoms with van der Waals surface area (Å²) in [6.45, 7) is 6.34. The van der Waals surface area contributed by atoms with Crippen LogP contribution in [0.15, 0.2) is 85.1 Å². The number of unbranched alkanes of at least 4 members (excludes halogenated alkanes) is 29. The van der Waals surface area contributed by atoms with Gasteiger partial charge in [0.15, 0.2) is 6.10 Å². The highest BCUT2D eigenvalue weighted by atomic mass is 16.6. The minimum absolute atomic E-state index is 0.113. The molecule has 0 saturated carbocycles. The molecule has 0 spiro atoms. The maximum absolute atomic E-state index is 12.8. The predicted octanol–water partition coefficient (Wildman–Crippen LogP) is 20.3. The summed E-state index contributed by atoms with van der Waals surface area (Å²) < 4.78 is 16.7. The van der Waals surface area contributed by atoms with Crippen molar-refractivity contribution in [1.82, 2.24) is 0 Å². The summed E-state index contributed by atoms with van der Waals surface area (Å²) in [4.78, 5) is 38.1. The van der Waals surface area contributed by atoms with Gasteiger partial charge in [0.2, 0.25) is 0 Å². The Labute approximate surface area is 439 Å². The average molecular weight is 990 g/mol. The van der Waals surface area contributed by atoms with Crippen molar-refractivity contribution in [1.29, 1.82) is 0 Å². The molecule has 6 nitrogen and oxygen atoms in total. The molecule has 71 heavy (non-hydrogen) atoms. The van der Waals surface area contributed by atoms with E-state index in [0.29, 0.717) is 19.3 Å². The molecule has 0 aliphatic rings. The Morgan fingerprint density at radius 1 is 0.296 bits per heavy atom. The number of rotatable bonds is 54. The third-order valence-electron chi connectivity index (χ3n) is 12.9. The molecule has 0 aromatic carbocycles. The lowest BCUT2D eigenvalue weighted by Gasteiger charge is -2.18. The van der Waals surface area contributed by atoms with Crippen LogP contribution in [-0.2, 0) is 28.6 Å². The Bertz CT molecular complexity index is 1370. The van der Waals surface area contributed by atoms with Gasteiger partial charge in [-0.3, -0.25) is 14.4 Å². The molecule has 1 atom stereocenters. The molecule has 0 bridgehead atoms. The fourth-order valence-corrected chi connectivity index (χ4v) is 8.47. The molecule has 0 saturated heterocycles. The lowest BCUT2D eigenvalue weighted by Crippen LogP contribution is -2.30. The van der Waals surface area contributed by atoms with Crippen molar-refractivity contribution in [3.05, 3.63) is 85.1 Å². The molecule has 0 amide bonds. The predicted molar refractivity (Wildman–Crippen MR) is 307 cm³/mol. The first-order valence-corrected chi connectivity index (χ1v) is 30.1. The zero-order valence-corrected chi connectivity index (χ0v) is 46.7. The highest BCUT2D eigenvalue weighted by Crippen LogP contribution is 2.17. The van der Waals surface area contributed by atoms with Gasteiger partial charge in [0.1, 0.15) is 13.2 Å². The summed E-state index contributed by atoms with van der Waals surface area (Å²) in [6, 6.07) is 0. The monoisotopic (exact) mass is 989 g/mol. The van der Waals surface area contributed by atoms with Crippen LogP contribution in [0.1, 0.15) is 290 Å². The number of hydrogen-bond donors (Lipinski definition) is 0. The second kappa shape index (κ2) is 59.2. The van der Waals surface area contributed by atoms with E-state index in [1.54, 1.807) is 0 Å². The normalized spacial score (nSPS) is 12.7. The van der Waals surface area contributed by atoms with Crippen molar-refractivity contribution in [2.45, 2.75) is 297 Å². The molecule has 0 fully saturated rings. The first-order valence-electron chi connectivity index (χ1n) is 30.1. The Balaban J connectivity index is 4.24. The van der Waals surface area contributed by atoms with Gasteiger partial charge in [0, 0.05) is 19.3 Å². The van der Waals surface area contributed by atoms with Crippen molar-refractivity contribution < 1.29 is 28.6 Å². The number of esters is 3. The van der Waals surface area contributed by atoms with Crippen LogP contribution < -0.4 is 0 Å². The summed E-state index contributed by atoms with van der Waals surface area (Å²) in [5.74, 6) is -1.02. The first kappa shape index (κ1) is 67.6. The van der Waals surface area contributed by atoms with Gasteiger partial charge >= 0.3 is 17.9 Å². The van der Waals surface area contributed by atoms with Gasteiger partial charge in [0.25, 0.3) is 0 Å². The van der Waals surface area contributed by atoms with Gasteiger partial charge in [-0.2, -0.15) is 0 Å². The molecule has 0 rings (SSSR count). The van der Waals surface area contributed by atoms with Crippen LogP contribution in [0.4, 0.5) is 0 Å². The van der Waals surface area contributed by atoms with E-state index in [1.165, 1.54) is 154 Å². The highest BCUT2D eigenvalue weighted by molar-refractivity contribution is 5.71. The maximum Gasteiger partial charge on any atom is 0.306 e. The SMILES string of the molecule is CC/C=C\C/C=C\C/C=C\C/C=C\CCC(=O)OC(COC(=O)CCCCC/C=C\C/C=C\C/C=C\CC)COC(=O)CCCCCCCCCCCCCCCCCCCCCCCCCCCCC. The van der Waals surface area contributed by atoms with Gasteiger partial charge in [-0.25, -0.2) is 0 Å². The molecule has 0 radical (unpaired) electrons. The molecule has 1 unspecified atom stereocenters. The number of ether oxygens (including phenoxy) is 3. The smallest absolute Gasteiger partial charge is 0.306 e. The molecule has 0 aliphatic carbocycles. The fraction of sp³-hybridized carbons (Fsp3) is 0.738. The Hall–Kier alpha value is -3.41. The maximum atomic E-state index is 12.8. The Morgan fingerprint density at radius 3 is 0.915 bits per heavy atom. The molecule has 6 heteroatoms. The minimum atomic E-state index is -0.825. The first-order chi connectivity index (χ1) is 35.0. The van der Waals surface area contributed by atoms with Crippen molar-refractivity contribution >= 4 is 17.9 Å². The summed E-state index contributed by atoms with van der Waals surface area (Å²) in [7, 11) is 0. The largest absolute Gasteiger partial charge is 0.462 e. The van der Waals surface area contributed by atoms with Crippen LogP contribution in [0, 0.1) is 0 Å². The second-order valence-corrected chi connectivity index (χ2v) is 19.9. The van der Waals surface area contributed by atoms with Crippen LogP contribution in [0.25, 0.3) is 0 Å². The van der Waals surface area contributed by atoms with E-state index >= 15 is 0 Å². The summed E-state index contributed by atoms with van der Waals surface area (Å²) >= 11 is 0. The van der Waals surface area contributed by atoms with Crippen LogP contribution in [0.3, 0.4) is 0 Å². The number of allylic oxidation sites excluding steroid dienone is 14. The van der Waals surface area contributed by atoms with Gasteiger partial charge in [-0.1, -0.05) is 279 Å². The number of carbonyl (C=O) groups is 3. The van der Waals surface area contributed by atoms with Crippen LogP contribution in [0.2, 0.25) is 0 Å². The van der Waals surface area contributed by atoms with Gasteiger partial charge in [0.05, 0.1) is 0 Å². The zero-order chi connectivity index (χ0) is 51.4. The van der Waals surface area contributed by atoms with Crippen molar-refractivity contribution in [2.24, 2.45) is 0 Å². The van der Waals surface area contributed by atoms with E-state index in [9.17, 15) is 14.4 Å². The van der Waals surface area contributed by atoms with Gasteiger partial charge in [-0.15, -0.1) is 0 Å². The van der Waals surface area contributed by atoms with E-state index in [1.807, 2.05) is 12.2 Å². The van der Waals surface area contributed by atoms with Crippen LogP contribution >= 0.6 is 0 Å². The highest BCUT2D eigenvalue weighted by Gasteiger charge is 2.19. The third kappa shape index (κ3) is 57.4. The Morgan fingerprint density at radius 2 is 0.577 bits per heavy atom. The van der Waals surface area contributed by atoms with E-state index in [2.05, 4.69) is 93.7 Å². The molecule has 0 aromatic heterocycles. The Kier molecular flexibility index (Phi) is 56.3. The lowest BCUT2D eigenvalue weighted by atomic mass is 10.0. The quantitative estimate of drug-likeness (QED) is 0.0261. The summed E-state index contributed by atoms with van der Waals surface area (Å²) in [6.07, 6.45) is 77.7. The van der Waals surface area contributed by atoms with E-state index in [4.69, 9.17) is 14.2 Å². The van der Waals surface area contributed by atoms with Crippen LogP contribution in [-0.4, -0.2) is 37.2 Å². The fourth-order valence-electron chi connectivity index (χ4n) is 8.47. The van der Waals surface area contributed by atoms with E-state index < -0.39 is 12.1 Å². The van der Waals surface area contributed by atoms with Crippen molar-refractivity contribution in [3.63, 3.8) is 0 Å². The lowest BCUT2D eigenvalue weighted by molar-refractivity contribution is -0.166. The zero-order valence-electron chi connectivity index (χ0n) is 46.7. The van der Waals surface area contributed by atoms with E-state index in [-0.39, 0.29) is 31.6 Å². The number of hydrogen-bond acceptors (Lipinski definition) is 6. The van der Waals surface area contributed by atoms with Gasteiger partial charge in [-0.05, 0) is 77.0 Å². The summed E-state index contributed by atoms with van der Waals surface area (Å²) in [5.41, 5.74) is 0. The van der Waals surface area contributed by atoms with E-state index in [0.717, 1.165) is 89.9 Å². The third-order valence-corrected chi connectivity index (χ3v) is 12.9. The molecule has 0 N–H and O–H groups in total. The molecular formula is C65H112O6. The molecule has 0 aliphatic heterocycles. The second-order valence-electron chi connectivity index (χ2n) is 19.9. The van der Waals surface area contributed by atoms with Gasteiger partial charge < -0.3 is 14.2 Å². The average Bonchev–Trinajstić information content (AvgIpc) is 3.37. The standard InChI is InChI=1S/C65H112O6/c1-4-7-10-13-16-19-22-25-26-27-28-29-30-31-32-33-34-35-36-37-38-41-43-46-49-52-55-58-64(67)70-61-62(71-65(68)59-56-53-50-47-44-40-24-21-18-15-12-9-6-3)60-69-63(66)57-54-51-48-45-42-39-23-20-17-14-11-8-5-2/h8-9,11-12,17-18,20-21,39-40,42,44,50,53,62H,4-7,10,13-16,19,22-38,41,43,45-49,51-52,54-61H2,1-3H3/b11-8-,12-9-,20-17-,21-18-,42-39-,44-40-,53-50-. The molecule has 408 valence electrons. The van der Waals surface area contributed by atoms with Crippen molar-refractivity contribution in [2.75, 3.05) is 13.2 Å². The topological polar surface area (TPSA) is 78.9 Å². The molecular weight excluding hydrogens is 877 g/mol. The molecule has 0 aromatic rings. The van der Waals surface area contributed by atoms with Crippen LogP contribution in [0.5, 0.6) is 0 Å². The van der Waals surface area contributed by atoms with Crippen molar-refractivity contribution in [3.8, 4) is 0 Å².